The Hall–Kier alpha value is -2.51. The molecule has 4 rings (SSSR count). The minimum absolute atomic E-state index is 0.147. The van der Waals surface area contributed by atoms with E-state index in [1.165, 1.54) is 40.9 Å². The Morgan fingerprint density at radius 3 is 2.14 bits per heavy atom. The third kappa shape index (κ3) is 4.48. The molecule has 0 fully saturated rings. The Balaban J connectivity index is 1.60. The maximum Gasteiger partial charge on any atom is 0.191 e. The van der Waals surface area contributed by atoms with E-state index in [1.807, 2.05) is 10.6 Å². The predicted octanol–water partition coefficient (Wildman–Crippen LogP) is 5.74. The van der Waals surface area contributed by atoms with Gasteiger partial charge in [0.2, 0.25) is 0 Å². The molecular weight excluding hydrogens is 396 g/mol. The van der Waals surface area contributed by atoms with Crippen LogP contribution in [-0.2, 0) is 13.0 Å². The van der Waals surface area contributed by atoms with E-state index in [0.717, 1.165) is 29.2 Å². The highest BCUT2D eigenvalue weighted by molar-refractivity contribution is 7.99. The summed E-state index contributed by atoms with van der Waals surface area (Å²) in [6.07, 6.45) is 2.63. The van der Waals surface area contributed by atoms with Crippen LogP contribution >= 0.6 is 23.1 Å². The SMILES string of the molecule is Fc1ccc(C(Sc2nncn2CCc2cccs2)c2ccc(F)cc2)cc1. The summed E-state index contributed by atoms with van der Waals surface area (Å²) in [5.41, 5.74) is 1.84. The molecule has 0 bridgehead atoms. The second-order valence-corrected chi connectivity index (χ2v) is 8.34. The highest BCUT2D eigenvalue weighted by Gasteiger charge is 2.19. The number of nitrogens with zero attached hydrogens (tertiary/aromatic N) is 3. The summed E-state index contributed by atoms with van der Waals surface area (Å²) >= 11 is 3.25. The Bertz CT molecular complexity index is 967. The molecule has 0 atom stereocenters. The standard InChI is InChI=1S/C21H17F2N3S2/c22-17-7-3-15(4-8-17)20(16-5-9-18(23)10-6-16)28-21-25-24-14-26(21)12-11-19-2-1-13-27-19/h1-10,13-14,20H,11-12H2. The van der Waals surface area contributed by atoms with Crippen molar-refractivity contribution in [1.29, 1.82) is 0 Å². The molecule has 0 N–H and O–H groups in total. The van der Waals surface area contributed by atoms with Crippen molar-refractivity contribution in [2.24, 2.45) is 0 Å². The fraction of sp³-hybridized carbons (Fsp3) is 0.143. The quantitative estimate of drug-likeness (QED) is 0.362. The zero-order valence-electron chi connectivity index (χ0n) is 14.8. The van der Waals surface area contributed by atoms with Gasteiger partial charge in [-0.1, -0.05) is 42.1 Å². The summed E-state index contributed by atoms with van der Waals surface area (Å²) < 4.78 is 28.8. The Labute approximate surface area is 170 Å². The zero-order chi connectivity index (χ0) is 19.3. The Morgan fingerprint density at radius 1 is 0.929 bits per heavy atom. The van der Waals surface area contributed by atoms with Gasteiger partial charge >= 0.3 is 0 Å². The number of hydrogen-bond donors (Lipinski definition) is 0. The van der Waals surface area contributed by atoms with Crippen LogP contribution in [-0.4, -0.2) is 14.8 Å². The summed E-state index contributed by atoms with van der Waals surface area (Å²) in [6.45, 7) is 0.773. The third-order valence-corrected chi connectivity index (χ3v) is 6.57. The topological polar surface area (TPSA) is 30.7 Å². The molecular formula is C21H17F2N3S2. The first-order valence-electron chi connectivity index (χ1n) is 8.77. The van der Waals surface area contributed by atoms with Crippen molar-refractivity contribution in [3.8, 4) is 0 Å². The summed E-state index contributed by atoms with van der Waals surface area (Å²) in [5.74, 6) is -0.573. The number of hydrogen-bond acceptors (Lipinski definition) is 4. The van der Waals surface area contributed by atoms with Gasteiger partial charge in [-0.15, -0.1) is 21.5 Å². The maximum absolute atomic E-state index is 13.4. The zero-order valence-corrected chi connectivity index (χ0v) is 16.5. The van der Waals surface area contributed by atoms with Gasteiger partial charge in [-0.05, 0) is 53.3 Å². The van der Waals surface area contributed by atoms with Crippen LogP contribution in [0.2, 0.25) is 0 Å². The number of thioether (sulfide) groups is 1. The number of thiophene rings is 1. The Morgan fingerprint density at radius 2 is 1.57 bits per heavy atom. The van der Waals surface area contributed by atoms with Gasteiger partial charge in [0, 0.05) is 11.4 Å². The minimum atomic E-state index is -0.286. The van der Waals surface area contributed by atoms with Gasteiger partial charge in [0.25, 0.3) is 0 Å². The van der Waals surface area contributed by atoms with Crippen LogP contribution in [0.5, 0.6) is 0 Å². The molecule has 0 aliphatic carbocycles. The molecule has 2 heterocycles. The minimum Gasteiger partial charge on any atom is -0.308 e. The van der Waals surface area contributed by atoms with Crippen LogP contribution in [0.4, 0.5) is 8.78 Å². The molecule has 0 spiro atoms. The van der Waals surface area contributed by atoms with E-state index in [1.54, 1.807) is 41.9 Å². The molecule has 0 unspecified atom stereocenters. The van der Waals surface area contributed by atoms with Crippen LogP contribution in [0.1, 0.15) is 21.3 Å². The van der Waals surface area contributed by atoms with Crippen molar-refractivity contribution >= 4 is 23.1 Å². The molecule has 28 heavy (non-hydrogen) atoms. The molecule has 0 aliphatic rings. The normalized spacial score (nSPS) is 11.2. The van der Waals surface area contributed by atoms with Crippen molar-refractivity contribution in [2.75, 3.05) is 0 Å². The first-order chi connectivity index (χ1) is 13.7. The number of rotatable bonds is 7. The molecule has 0 saturated carbocycles. The summed E-state index contributed by atoms with van der Waals surface area (Å²) in [5, 5.41) is 11.0. The molecule has 3 nitrogen and oxygen atoms in total. The van der Waals surface area contributed by atoms with Gasteiger partial charge < -0.3 is 4.57 Å². The molecule has 4 aromatic rings. The molecule has 0 aliphatic heterocycles. The fourth-order valence-electron chi connectivity index (χ4n) is 2.88. The monoisotopic (exact) mass is 413 g/mol. The number of halogens is 2. The maximum atomic E-state index is 13.4. The van der Waals surface area contributed by atoms with Gasteiger partial charge in [-0.25, -0.2) is 8.78 Å². The molecule has 2 aromatic heterocycles. The highest BCUT2D eigenvalue weighted by Crippen LogP contribution is 2.39. The molecule has 0 radical (unpaired) electrons. The van der Waals surface area contributed by atoms with E-state index in [9.17, 15) is 8.78 Å². The summed E-state index contributed by atoms with van der Waals surface area (Å²) in [6, 6.07) is 16.9. The van der Waals surface area contributed by atoms with E-state index in [0.29, 0.717) is 0 Å². The van der Waals surface area contributed by atoms with Crippen molar-refractivity contribution in [3.63, 3.8) is 0 Å². The second kappa shape index (κ2) is 8.67. The van der Waals surface area contributed by atoms with Crippen LogP contribution in [0.25, 0.3) is 0 Å². The van der Waals surface area contributed by atoms with Crippen molar-refractivity contribution in [2.45, 2.75) is 23.4 Å². The fourth-order valence-corrected chi connectivity index (χ4v) is 4.75. The van der Waals surface area contributed by atoms with E-state index in [2.05, 4.69) is 21.6 Å². The summed E-state index contributed by atoms with van der Waals surface area (Å²) in [7, 11) is 0. The largest absolute Gasteiger partial charge is 0.308 e. The summed E-state index contributed by atoms with van der Waals surface area (Å²) in [4.78, 5) is 1.30. The van der Waals surface area contributed by atoms with Gasteiger partial charge in [0.1, 0.15) is 18.0 Å². The highest BCUT2D eigenvalue weighted by atomic mass is 32.2. The van der Waals surface area contributed by atoms with Crippen LogP contribution in [0, 0.1) is 11.6 Å². The van der Waals surface area contributed by atoms with E-state index >= 15 is 0 Å². The van der Waals surface area contributed by atoms with Gasteiger partial charge in [-0.3, -0.25) is 0 Å². The first-order valence-corrected chi connectivity index (χ1v) is 10.5. The molecule has 2 aromatic carbocycles. The van der Waals surface area contributed by atoms with Crippen molar-refractivity contribution in [1.82, 2.24) is 14.8 Å². The molecule has 0 amide bonds. The lowest BCUT2D eigenvalue weighted by atomic mass is 10.0. The van der Waals surface area contributed by atoms with E-state index in [4.69, 9.17) is 0 Å². The molecule has 7 heteroatoms. The Kier molecular flexibility index (Phi) is 5.83. The second-order valence-electron chi connectivity index (χ2n) is 6.24. The van der Waals surface area contributed by atoms with Crippen molar-refractivity contribution < 1.29 is 8.78 Å². The lowest BCUT2D eigenvalue weighted by Crippen LogP contribution is -2.04. The number of aromatic nitrogens is 3. The van der Waals surface area contributed by atoms with Crippen LogP contribution in [0.3, 0.4) is 0 Å². The van der Waals surface area contributed by atoms with Gasteiger partial charge in [0.05, 0.1) is 5.25 Å². The number of benzene rings is 2. The smallest absolute Gasteiger partial charge is 0.191 e. The molecule has 0 saturated heterocycles. The van der Waals surface area contributed by atoms with Crippen molar-refractivity contribution in [3.05, 3.63) is 100 Å². The first kappa shape index (κ1) is 18.8. The number of aryl methyl sites for hydroxylation is 2. The van der Waals surface area contributed by atoms with Crippen LogP contribution < -0.4 is 0 Å². The van der Waals surface area contributed by atoms with E-state index < -0.39 is 0 Å². The molecule has 142 valence electrons. The van der Waals surface area contributed by atoms with Gasteiger partial charge in [0.15, 0.2) is 5.16 Å². The van der Waals surface area contributed by atoms with E-state index in [-0.39, 0.29) is 16.9 Å². The van der Waals surface area contributed by atoms with Gasteiger partial charge in [-0.2, -0.15) is 0 Å². The lowest BCUT2D eigenvalue weighted by molar-refractivity contribution is 0.626. The van der Waals surface area contributed by atoms with Crippen LogP contribution in [0.15, 0.2) is 77.5 Å². The average Bonchev–Trinajstić information content (AvgIpc) is 3.38. The average molecular weight is 414 g/mol. The lowest BCUT2D eigenvalue weighted by Gasteiger charge is -2.17. The predicted molar refractivity (Wildman–Crippen MR) is 109 cm³/mol. The third-order valence-electron chi connectivity index (χ3n) is 4.33.